The fourth-order valence-electron chi connectivity index (χ4n) is 2.29. The highest BCUT2D eigenvalue weighted by Crippen LogP contribution is 2.16. The first-order chi connectivity index (χ1) is 9.70. The smallest absolute Gasteiger partial charge is 0.0711 e. The number of hydrogen-bond acceptors (Lipinski definition) is 1. The number of nitrogens with zero attached hydrogens (tertiary/aromatic N) is 1. The number of benzene rings is 2. The summed E-state index contributed by atoms with van der Waals surface area (Å²) in [6.45, 7) is 4.20. The third-order valence-corrected chi connectivity index (χ3v) is 3.36. The summed E-state index contributed by atoms with van der Waals surface area (Å²) in [5, 5.41) is 1.18. The van der Waals surface area contributed by atoms with Gasteiger partial charge in [0, 0.05) is 5.39 Å². The molecule has 0 unspecified atom stereocenters. The molecule has 0 amide bonds. The molecule has 0 bridgehead atoms. The van der Waals surface area contributed by atoms with E-state index in [-0.39, 0.29) is 0 Å². The molecule has 1 heteroatoms. The van der Waals surface area contributed by atoms with E-state index in [4.69, 9.17) is 0 Å². The van der Waals surface area contributed by atoms with E-state index in [1.54, 1.807) is 0 Å². The standard InChI is InChI=1S/C19H17N/c1-14-4-3-5-16(12-14)7-10-18-11-9-17-8-6-15(2)13-19(17)20-18/h3-13H,1-2H3/b10-7+. The van der Waals surface area contributed by atoms with Gasteiger partial charge >= 0.3 is 0 Å². The van der Waals surface area contributed by atoms with Crippen LogP contribution >= 0.6 is 0 Å². The largest absolute Gasteiger partial charge is 0.248 e. The van der Waals surface area contributed by atoms with Crippen molar-refractivity contribution >= 4 is 23.1 Å². The molecule has 1 heterocycles. The van der Waals surface area contributed by atoms with Crippen LogP contribution in [0.5, 0.6) is 0 Å². The Morgan fingerprint density at radius 1 is 0.800 bits per heavy atom. The Morgan fingerprint density at radius 3 is 2.45 bits per heavy atom. The first-order valence-electron chi connectivity index (χ1n) is 6.83. The van der Waals surface area contributed by atoms with Gasteiger partial charge in [0.25, 0.3) is 0 Å². The molecule has 98 valence electrons. The Balaban J connectivity index is 1.94. The molecule has 20 heavy (non-hydrogen) atoms. The zero-order chi connectivity index (χ0) is 13.9. The molecule has 2 aromatic carbocycles. The average molecular weight is 259 g/mol. The molecule has 0 fully saturated rings. The fourth-order valence-corrected chi connectivity index (χ4v) is 2.29. The fraction of sp³-hybridized carbons (Fsp3) is 0.105. The van der Waals surface area contributed by atoms with Crippen LogP contribution in [0.4, 0.5) is 0 Å². The van der Waals surface area contributed by atoms with Gasteiger partial charge in [-0.25, -0.2) is 4.98 Å². The Hall–Kier alpha value is -2.41. The van der Waals surface area contributed by atoms with Crippen molar-refractivity contribution in [2.75, 3.05) is 0 Å². The lowest BCUT2D eigenvalue weighted by atomic mass is 10.1. The number of hydrogen-bond donors (Lipinski definition) is 0. The highest BCUT2D eigenvalue weighted by Gasteiger charge is 1.96. The van der Waals surface area contributed by atoms with Crippen LogP contribution in [0.25, 0.3) is 23.1 Å². The quantitative estimate of drug-likeness (QED) is 0.629. The molecule has 0 aliphatic rings. The van der Waals surface area contributed by atoms with E-state index >= 15 is 0 Å². The molecule has 3 aromatic rings. The predicted octanol–water partition coefficient (Wildman–Crippen LogP) is 5.02. The van der Waals surface area contributed by atoms with Crippen molar-refractivity contribution in [1.82, 2.24) is 4.98 Å². The molecule has 1 aromatic heterocycles. The molecular formula is C19H17N. The lowest BCUT2D eigenvalue weighted by Crippen LogP contribution is -1.84. The van der Waals surface area contributed by atoms with Gasteiger partial charge in [-0.3, -0.25) is 0 Å². The monoisotopic (exact) mass is 259 g/mol. The zero-order valence-corrected chi connectivity index (χ0v) is 11.8. The number of aryl methyl sites for hydroxylation is 2. The maximum atomic E-state index is 4.69. The van der Waals surface area contributed by atoms with Crippen LogP contribution in [0.1, 0.15) is 22.4 Å². The Kier molecular flexibility index (Phi) is 3.34. The number of rotatable bonds is 2. The summed E-state index contributed by atoms with van der Waals surface area (Å²) < 4.78 is 0. The van der Waals surface area contributed by atoms with Gasteiger partial charge in [-0.1, -0.05) is 54.1 Å². The molecule has 0 aliphatic carbocycles. The lowest BCUT2D eigenvalue weighted by Gasteiger charge is -2.01. The summed E-state index contributed by atoms with van der Waals surface area (Å²) in [6, 6.07) is 19.0. The van der Waals surface area contributed by atoms with Crippen molar-refractivity contribution in [2.45, 2.75) is 13.8 Å². The molecule has 3 rings (SSSR count). The van der Waals surface area contributed by atoms with E-state index in [0.717, 1.165) is 11.2 Å². The first kappa shape index (κ1) is 12.6. The number of aromatic nitrogens is 1. The SMILES string of the molecule is Cc1cccc(/C=C/c2ccc3ccc(C)cc3n2)c1. The van der Waals surface area contributed by atoms with Crippen molar-refractivity contribution in [3.05, 3.63) is 77.0 Å². The molecule has 0 aliphatic heterocycles. The second-order valence-corrected chi connectivity index (χ2v) is 5.18. The van der Waals surface area contributed by atoms with Crippen LogP contribution in [-0.2, 0) is 0 Å². The second kappa shape index (κ2) is 5.30. The van der Waals surface area contributed by atoms with Gasteiger partial charge in [0.1, 0.15) is 0 Å². The highest BCUT2D eigenvalue weighted by molar-refractivity contribution is 5.81. The van der Waals surface area contributed by atoms with Crippen LogP contribution in [0.2, 0.25) is 0 Å². The van der Waals surface area contributed by atoms with Crippen LogP contribution in [0.3, 0.4) is 0 Å². The maximum Gasteiger partial charge on any atom is 0.0711 e. The number of pyridine rings is 1. The van der Waals surface area contributed by atoms with Gasteiger partial charge in [0.15, 0.2) is 0 Å². The van der Waals surface area contributed by atoms with Crippen molar-refractivity contribution in [2.24, 2.45) is 0 Å². The molecular weight excluding hydrogens is 242 g/mol. The van der Waals surface area contributed by atoms with E-state index in [1.807, 2.05) is 0 Å². The normalized spacial score (nSPS) is 11.3. The summed E-state index contributed by atoms with van der Waals surface area (Å²) in [5.41, 5.74) is 5.76. The minimum Gasteiger partial charge on any atom is -0.248 e. The van der Waals surface area contributed by atoms with Gasteiger partial charge in [-0.05, 0) is 43.2 Å². The van der Waals surface area contributed by atoms with E-state index in [0.29, 0.717) is 0 Å². The Morgan fingerprint density at radius 2 is 1.60 bits per heavy atom. The van der Waals surface area contributed by atoms with Crippen LogP contribution in [0.15, 0.2) is 54.6 Å². The van der Waals surface area contributed by atoms with Gasteiger partial charge in [-0.2, -0.15) is 0 Å². The van der Waals surface area contributed by atoms with Crippen molar-refractivity contribution < 1.29 is 0 Å². The summed E-state index contributed by atoms with van der Waals surface area (Å²) in [6.07, 6.45) is 4.17. The van der Waals surface area contributed by atoms with Gasteiger partial charge in [0.05, 0.1) is 11.2 Å². The van der Waals surface area contributed by atoms with E-state index in [9.17, 15) is 0 Å². The molecule has 1 nitrogen and oxygen atoms in total. The molecule has 0 saturated heterocycles. The van der Waals surface area contributed by atoms with Crippen molar-refractivity contribution in [1.29, 1.82) is 0 Å². The third-order valence-electron chi connectivity index (χ3n) is 3.36. The second-order valence-electron chi connectivity index (χ2n) is 5.18. The molecule has 0 radical (unpaired) electrons. The van der Waals surface area contributed by atoms with E-state index in [1.165, 1.54) is 22.1 Å². The third kappa shape index (κ3) is 2.77. The Bertz CT molecular complexity index is 785. The summed E-state index contributed by atoms with van der Waals surface area (Å²) in [5.74, 6) is 0. The van der Waals surface area contributed by atoms with Gasteiger partial charge in [0.2, 0.25) is 0 Å². The molecule has 0 atom stereocenters. The molecule has 0 spiro atoms. The maximum absolute atomic E-state index is 4.69. The Labute approximate surface area is 119 Å². The van der Waals surface area contributed by atoms with E-state index in [2.05, 4.69) is 85.6 Å². The zero-order valence-electron chi connectivity index (χ0n) is 11.8. The van der Waals surface area contributed by atoms with Gasteiger partial charge < -0.3 is 0 Å². The van der Waals surface area contributed by atoms with Crippen LogP contribution in [-0.4, -0.2) is 4.98 Å². The average Bonchev–Trinajstić information content (AvgIpc) is 2.45. The van der Waals surface area contributed by atoms with Crippen LogP contribution < -0.4 is 0 Å². The molecule has 0 N–H and O–H groups in total. The predicted molar refractivity (Wildman–Crippen MR) is 86.6 cm³/mol. The minimum absolute atomic E-state index is 0.990. The van der Waals surface area contributed by atoms with Gasteiger partial charge in [-0.15, -0.1) is 0 Å². The van der Waals surface area contributed by atoms with E-state index < -0.39 is 0 Å². The van der Waals surface area contributed by atoms with Crippen LogP contribution in [0, 0.1) is 13.8 Å². The summed E-state index contributed by atoms with van der Waals surface area (Å²) >= 11 is 0. The number of fused-ring (bicyclic) bond motifs is 1. The summed E-state index contributed by atoms with van der Waals surface area (Å²) in [7, 11) is 0. The van der Waals surface area contributed by atoms with Crippen molar-refractivity contribution in [3.63, 3.8) is 0 Å². The highest BCUT2D eigenvalue weighted by atomic mass is 14.7. The molecule has 0 saturated carbocycles. The lowest BCUT2D eigenvalue weighted by molar-refractivity contribution is 1.36. The minimum atomic E-state index is 0.990. The van der Waals surface area contributed by atoms with Crippen molar-refractivity contribution in [3.8, 4) is 0 Å². The first-order valence-corrected chi connectivity index (χ1v) is 6.83. The summed E-state index contributed by atoms with van der Waals surface area (Å²) in [4.78, 5) is 4.69. The topological polar surface area (TPSA) is 12.9 Å².